The maximum Gasteiger partial charge on any atom is -0.00264 e. The molecule has 0 saturated carbocycles. The quantitative estimate of drug-likeness (QED) is 0.0998. The summed E-state index contributed by atoms with van der Waals surface area (Å²) in [5, 5.41) is 30.7. The second-order valence-corrected chi connectivity index (χ2v) is 30.3. The lowest BCUT2D eigenvalue weighted by atomic mass is 9.85. The van der Waals surface area contributed by atoms with Crippen LogP contribution in [0.2, 0.25) is 0 Å². The van der Waals surface area contributed by atoms with E-state index in [0.29, 0.717) is 0 Å². The first-order valence-corrected chi connectivity index (χ1v) is 39.6. The molecule has 0 heterocycles. The number of benzene rings is 23. The van der Waals surface area contributed by atoms with Gasteiger partial charge in [0.25, 0.3) is 0 Å². The third kappa shape index (κ3) is 11.1. The molecule has 0 bridgehead atoms. The SMILES string of the molecule is c1ccc(-c2c3ccccc3c(-c3ccc(-c4ccc5c6ccc(-c7ccc(-c8c9ccccc9c(-c9ccccc9)c9ccccc89)cc7)cc6c6ccccc6c5c4)cc3)c3ccccc23)cc1.c1ccc(-c2c3ccccc3c(-c3ccc(-c4ccc5c6ccccc6c6ccccc6c5c4)cc3)c3ccccc23)cc1. The van der Waals surface area contributed by atoms with Gasteiger partial charge in [0.1, 0.15) is 0 Å². The van der Waals surface area contributed by atoms with Gasteiger partial charge in [-0.2, -0.15) is 0 Å². The Bertz CT molecular complexity index is 7260. The molecular weight excluding hydrogens is 1370 g/mol. The van der Waals surface area contributed by atoms with Crippen molar-refractivity contribution >= 4 is 129 Å². The molecule has 114 heavy (non-hydrogen) atoms. The highest BCUT2D eigenvalue weighted by atomic mass is 14.3. The van der Waals surface area contributed by atoms with Gasteiger partial charge >= 0.3 is 0 Å². The Morgan fingerprint density at radius 3 is 0.377 bits per heavy atom. The molecule has 0 aliphatic heterocycles. The predicted molar refractivity (Wildman–Crippen MR) is 492 cm³/mol. The van der Waals surface area contributed by atoms with Crippen LogP contribution in [0.1, 0.15) is 0 Å². The monoisotopic (exact) mass is 1440 g/mol. The lowest BCUT2D eigenvalue weighted by molar-refractivity contribution is 1.62. The third-order valence-electron chi connectivity index (χ3n) is 24.1. The fourth-order valence-electron chi connectivity index (χ4n) is 19.0. The van der Waals surface area contributed by atoms with Crippen molar-refractivity contribution in [2.45, 2.75) is 0 Å². The first kappa shape index (κ1) is 66.2. The van der Waals surface area contributed by atoms with E-state index in [1.807, 2.05) is 0 Å². The fraction of sp³-hybridized carbons (Fsp3) is 0. The Morgan fingerprint density at radius 2 is 0.193 bits per heavy atom. The lowest BCUT2D eigenvalue weighted by Crippen LogP contribution is -1.91. The van der Waals surface area contributed by atoms with E-state index in [4.69, 9.17) is 0 Å². The van der Waals surface area contributed by atoms with Gasteiger partial charge in [-0.1, -0.05) is 419 Å². The minimum atomic E-state index is 1.20. The molecule has 23 aromatic carbocycles. The molecule has 0 saturated heterocycles. The fourth-order valence-corrected chi connectivity index (χ4v) is 19.0. The van der Waals surface area contributed by atoms with Crippen LogP contribution in [0.5, 0.6) is 0 Å². The van der Waals surface area contributed by atoms with Gasteiger partial charge < -0.3 is 0 Å². The van der Waals surface area contributed by atoms with Crippen LogP contribution in [0.15, 0.2) is 437 Å². The summed E-state index contributed by atoms with van der Waals surface area (Å²) in [6.07, 6.45) is 0. The van der Waals surface area contributed by atoms with Gasteiger partial charge in [0.05, 0.1) is 0 Å². The molecule has 23 rings (SSSR count). The van der Waals surface area contributed by atoms with Crippen LogP contribution >= 0.6 is 0 Å². The van der Waals surface area contributed by atoms with E-state index in [9.17, 15) is 0 Å². The van der Waals surface area contributed by atoms with Crippen LogP contribution < -0.4 is 0 Å². The van der Waals surface area contributed by atoms with Crippen LogP contribution in [0.25, 0.3) is 229 Å². The minimum absolute atomic E-state index is 1.20. The molecule has 0 aliphatic carbocycles. The molecule has 528 valence electrons. The number of hydrogen-bond acceptors (Lipinski definition) is 0. The van der Waals surface area contributed by atoms with Crippen molar-refractivity contribution in [3.05, 3.63) is 437 Å². The van der Waals surface area contributed by atoms with Crippen LogP contribution in [-0.4, -0.2) is 0 Å². The minimum Gasteiger partial charge on any atom is -0.0622 e. The Morgan fingerprint density at radius 1 is 0.0702 bits per heavy atom. The zero-order chi connectivity index (χ0) is 75.2. The van der Waals surface area contributed by atoms with Crippen molar-refractivity contribution in [2.24, 2.45) is 0 Å². The largest absolute Gasteiger partial charge is 0.0622 e. The summed E-state index contributed by atoms with van der Waals surface area (Å²) in [6.45, 7) is 0. The molecule has 0 N–H and O–H groups in total. The lowest BCUT2D eigenvalue weighted by Gasteiger charge is -2.18. The zero-order valence-corrected chi connectivity index (χ0v) is 62.6. The van der Waals surface area contributed by atoms with Crippen molar-refractivity contribution in [3.63, 3.8) is 0 Å². The second kappa shape index (κ2) is 27.6. The van der Waals surface area contributed by atoms with E-state index in [-0.39, 0.29) is 0 Å². The van der Waals surface area contributed by atoms with Crippen LogP contribution in [0.3, 0.4) is 0 Å². The molecule has 0 nitrogen and oxygen atoms in total. The van der Waals surface area contributed by atoms with Crippen molar-refractivity contribution in [1.82, 2.24) is 0 Å². The third-order valence-corrected chi connectivity index (χ3v) is 24.1. The van der Waals surface area contributed by atoms with E-state index >= 15 is 0 Å². The molecule has 0 fully saturated rings. The van der Waals surface area contributed by atoms with Gasteiger partial charge in [-0.25, -0.2) is 0 Å². The van der Waals surface area contributed by atoms with E-state index in [0.717, 1.165) is 0 Å². The van der Waals surface area contributed by atoms with Crippen LogP contribution in [0, 0.1) is 0 Å². The van der Waals surface area contributed by atoms with Gasteiger partial charge in [0.2, 0.25) is 0 Å². The summed E-state index contributed by atoms with van der Waals surface area (Å²) in [5.74, 6) is 0. The molecule has 0 aromatic heterocycles. The zero-order valence-electron chi connectivity index (χ0n) is 62.6. The van der Waals surface area contributed by atoms with E-state index in [1.165, 1.54) is 229 Å². The summed E-state index contributed by atoms with van der Waals surface area (Å²) in [4.78, 5) is 0. The number of hydrogen-bond donors (Lipinski definition) is 0. The summed E-state index contributed by atoms with van der Waals surface area (Å²) in [5.41, 5.74) is 22.4. The first-order valence-electron chi connectivity index (χ1n) is 39.6. The summed E-state index contributed by atoms with van der Waals surface area (Å²) >= 11 is 0. The average Bonchev–Trinajstić information content (AvgIpc) is 0.718. The highest BCUT2D eigenvalue weighted by molar-refractivity contribution is 6.29. The maximum absolute atomic E-state index is 2.40. The Hall–Kier alpha value is -14.8. The molecule has 0 heteroatoms. The van der Waals surface area contributed by atoms with Gasteiger partial charge in [0.15, 0.2) is 0 Å². The van der Waals surface area contributed by atoms with Crippen molar-refractivity contribution in [2.75, 3.05) is 0 Å². The predicted octanol–water partition coefficient (Wildman–Crippen LogP) is 32.2. The highest BCUT2D eigenvalue weighted by Gasteiger charge is 2.22. The Kier molecular flexibility index (Phi) is 16.0. The summed E-state index contributed by atoms with van der Waals surface area (Å²) < 4.78 is 0. The molecular formula is C114H72. The van der Waals surface area contributed by atoms with Crippen molar-refractivity contribution in [1.29, 1.82) is 0 Å². The Labute approximate surface area is 661 Å². The van der Waals surface area contributed by atoms with E-state index in [2.05, 4.69) is 437 Å². The molecule has 0 atom stereocenters. The van der Waals surface area contributed by atoms with Gasteiger partial charge in [-0.05, 0) is 248 Å². The highest BCUT2D eigenvalue weighted by Crippen LogP contribution is 2.50. The first-order chi connectivity index (χ1) is 56.6. The van der Waals surface area contributed by atoms with Crippen LogP contribution in [-0.2, 0) is 0 Å². The average molecular weight is 1440 g/mol. The molecule has 0 radical (unpaired) electrons. The molecule has 0 spiro atoms. The van der Waals surface area contributed by atoms with Crippen LogP contribution in [0.4, 0.5) is 0 Å². The van der Waals surface area contributed by atoms with E-state index in [1.54, 1.807) is 0 Å². The number of fused-ring (bicyclic) bond motifs is 18. The topological polar surface area (TPSA) is 0 Å². The normalized spacial score (nSPS) is 11.7. The summed E-state index contributed by atoms with van der Waals surface area (Å²) in [7, 11) is 0. The Balaban J connectivity index is 0.000000154. The maximum atomic E-state index is 2.40. The van der Waals surface area contributed by atoms with Gasteiger partial charge in [0, 0.05) is 0 Å². The molecule has 0 unspecified atom stereocenters. The van der Waals surface area contributed by atoms with Crippen molar-refractivity contribution < 1.29 is 0 Å². The standard InChI is InChI=1S/C70H44.C44H28/c1-3-17-47(18-4-1)67-57-23-9-13-27-61(57)69(62-28-14-10-24-58(62)67)49-35-31-45(32-36-49)51-39-41-55-56-42-40-52(44-66(56)54-22-8-7-21-53(54)65(55)43-51)46-33-37-50(38-34-46)70-63-29-15-11-25-59(63)68(48-19-5-2-6-20-48)60-26-12-16-30-64(60)70;1-2-12-30(13-3-1)43-38-18-8-10-20-40(38)44(41-21-11-9-19-39(41)43)31-24-22-29(23-25-31)32-26-27-37-35-16-5-4-14-33(35)34-15-6-7-17-36(34)42(37)28-32/h1-44H;1-28H. The van der Waals surface area contributed by atoms with E-state index < -0.39 is 0 Å². The van der Waals surface area contributed by atoms with Crippen molar-refractivity contribution in [3.8, 4) is 100 Å². The molecule has 23 aromatic rings. The van der Waals surface area contributed by atoms with Gasteiger partial charge in [-0.3, -0.25) is 0 Å². The van der Waals surface area contributed by atoms with Gasteiger partial charge in [-0.15, -0.1) is 0 Å². The molecule has 0 amide bonds. The summed E-state index contributed by atoms with van der Waals surface area (Å²) in [6, 6.07) is 161. The molecule has 0 aliphatic rings. The second-order valence-electron chi connectivity index (χ2n) is 30.3. The number of rotatable bonds is 9. The smallest absolute Gasteiger partial charge is 0.00264 e.